The van der Waals surface area contributed by atoms with Crippen LogP contribution < -0.4 is 15.0 Å². The van der Waals surface area contributed by atoms with Crippen LogP contribution >= 0.6 is 11.6 Å². The Bertz CT molecular complexity index is 629. The van der Waals surface area contributed by atoms with Crippen LogP contribution in [0.2, 0.25) is 5.02 Å². The zero-order chi connectivity index (χ0) is 14.7. The van der Waals surface area contributed by atoms with E-state index in [1.54, 1.807) is 19.4 Å². The van der Waals surface area contributed by atoms with Gasteiger partial charge in [0.25, 0.3) is 0 Å². The Balaban J connectivity index is 1.78. The van der Waals surface area contributed by atoms with Gasteiger partial charge >= 0.3 is 0 Å². The third kappa shape index (κ3) is 3.19. The molecule has 0 bridgehead atoms. The lowest BCUT2D eigenvalue weighted by atomic mass is 10.3. The van der Waals surface area contributed by atoms with Crippen LogP contribution in [-0.4, -0.2) is 30.2 Å². The average Bonchev–Trinajstić information content (AvgIpc) is 3.02. The number of methoxy groups -OCH3 is 1. The van der Waals surface area contributed by atoms with Crippen molar-refractivity contribution in [3.05, 3.63) is 35.5 Å². The summed E-state index contributed by atoms with van der Waals surface area (Å²) in [5.41, 5.74) is 0.833. The molecular formula is C15H17ClN4O. The Morgan fingerprint density at radius 1 is 1.24 bits per heavy atom. The fourth-order valence-electron chi connectivity index (χ4n) is 2.40. The molecule has 0 aliphatic carbocycles. The van der Waals surface area contributed by atoms with E-state index in [0.29, 0.717) is 16.7 Å². The van der Waals surface area contributed by atoms with Gasteiger partial charge in [-0.1, -0.05) is 11.6 Å². The highest BCUT2D eigenvalue weighted by molar-refractivity contribution is 6.32. The van der Waals surface area contributed by atoms with Crippen LogP contribution in [0.4, 0.5) is 17.5 Å². The average molecular weight is 305 g/mol. The lowest BCUT2D eigenvalue weighted by Gasteiger charge is -2.16. The first-order chi connectivity index (χ1) is 10.3. The summed E-state index contributed by atoms with van der Waals surface area (Å²) in [4.78, 5) is 11.1. The highest BCUT2D eigenvalue weighted by atomic mass is 35.5. The van der Waals surface area contributed by atoms with Gasteiger partial charge in [0.1, 0.15) is 11.6 Å². The molecule has 110 valence electrons. The van der Waals surface area contributed by atoms with Gasteiger partial charge in [-0.15, -0.1) is 0 Å². The lowest BCUT2D eigenvalue weighted by Crippen LogP contribution is -2.19. The second-order valence-corrected chi connectivity index (χ2v) is 5.31. The summed E-state index contributed by atoms with van der Waals surface area (Å²) in [5, 5.41) is 3.72. The second-order valence-electron chi connectivity index (χ2n) is 4.91. The Morgan fingerprint density at radius 3 is 2.76 bits per heavy atom. The van der Waals surface area contributed by atoms with Gasteiger partial charge < -0.3 is 15.0 Å². The maximum absolute atomic E-state index is 6.12. The number of benzene rings is 1. The second kappa shape index (κ2) is 6.18. The number of rotatable bonds is 4. The number of nitrogens with one attached hydrogen (secondary N) is 1. The monoisotopic (exact) mass is 304 g/mol. The summed E-state index contributed by atoms with van der Waals surface area (Å²) >= 11 is 6.12. The van der Waals surface area contributed by atoms with Gasteiger partial charge in [-0.3, -0.25) is 0 Å². The molecule has 1 saturated heterocycles. The van der Waals surface area contributed by atoms with Gasteiger partial charge in [-0.25, -0.2) is 4.98 Å². The zero-order valence-corrected chi connectivity index (χ0v) is 12.6. The minimum absolute atomic E-state index is 0.554. The van der Waals surface area contributed by atoms with Crippen LogP contribution in [-0.2, 0) is 0 Å². The van der Waals surface area contributed by atoms with Gasteiger partial charge in [0.15, 0.2) is 0 Å². The maximum Gasteiger partial charge on any atom is 0.229 e. The minimum Gasteiger partial charge on any atom is -0.495 e. The summed E-state index contributed by atoms with van der Waals surface area (Å²) in [6, 6.07) is 7.44. The molecular weight excluding hydrogens is 288 g/mol. The predicted molar refractivity (Wildman–Crippen MR) is 84.8 cm³/mol. The first kappa shape index (κ1) is 13.9. The van der Waals surface area contributed by atoms with E-state index >= 15 is 0 Å². The summed E-state index contributed by atoms with van der Waals surface area (Å²) in [5.74, 6) is 2.18. The molecule has 0 radical (unpaired) electrons. The molecule has 1 aliphatic heterocycles. The third-order valence-electron chi connectivity index (χ3n) is 3.48. The van der Waals surface area contributed by atoms with Crippen LogP contribution in [0.5, 0.6) is 5.75 Å². The molecule has 0 unspecified atom stereocenters. The van der Waals surface area contributed by atoms with Crippen molar-refractivity contribution in [1.29, 1.82) is 0 Å². The van der Waals surface area contributed by atoms with E-state index in [0.717, 1.165) is 24.6 Å². The summed E-state index contributed by atoms with van der Waals surface area (Å²) in [7, 11) is 1.59. The number of hydrogen-bond donors (Lipinski definition) is 1. The molecule has 2 heterocycles. The van der Waals surface area contributed by atoms with Gasteiger partial charge in [-0.05, 0) is 37.1 Å². The number of anilines is 3. The van der Waals surface area contributed by atoms with Crippen molar-refractivity contribution in [3.63, 3.8) is 0 Å². The number of ether oxygens (including phenoxy) is 1. The van der Waals surface area contributed by atoms with Crippen molar-refractivity contribution in [2.75, 3.05) is 30.4 Å². The topological polar surface area (TPSA) is 50.3 Å². The summed E-state index contributed by atoms with van der Waals surface area (Å²) in [6.45, 7) is 2.12. The highest BCUT2D eigenvalue weighted by Gasteiger charge is 2.14. The fraction of sp³-hybridized carbons (Fsp3) is 0.333. The molecule has 0 atom stereocenters. The summed E-state index contributed by atoms with van der Waals surface area (Å²) < 4.78 is 5.14. The van der Waals surface area contributed by atoms with Crippen LogP contribution in [0.3, 0.4) is 0 Å². The van der Waals surface area contributed by atoms with E-state index in [-0.39, 0.29) is 0 Å². The number of nitrogens with zero attached hydrogens (tertiary/aromatic N) is 3. The maximum atomic E-state index is 6.12. The molecule has 21 heavy (non-hydrogen) atoms. The van der Waals surface area contributed by atoms with E-state index in [9.17, 15) is 0 Å². The van der Waals surface area contributed by atoms with Crippen molar-refractivity contribution in [1.82, 2.24) is 9.97 Å². The lowest BCUT2D eigenvalue weighted by molar-refractivity contribution is 0.415. The molecule has 6 heteroatoms. The molecule has 1 aliphatic rings. The molecule has 0 saturated carbocycles. The molecule has 1 N–H and O–H groups in total. The van der Waals surface area contributed by atoms with Crippen molar-refractivity contribution >= 4 is 29.1 Å². The highest BCUT2D eigenvalue weighted by Crippen LogP contribution is 2.28. The molecule has 3 rings (SSSR count). The Morgan fingerprint density at radius 2 is 2.05 bits per heavy atom. The molecule has 0 amide bonds. The predicted octanol–water partition coefficient (Wildman–Crippen LogP) is 3.48. The molecule has 1 fully saturated rings. The standard InChI is InChI=1S/C15H17ClN4O/c1-21-13-5-4-11(10-12(13)16)18-15-17-7-6-14(19-15)20-8-2-3-9-20/h4-7,10H,2-3,8-9H2,1H3,(H,17,18,19). The van der Waals surface area contributed by atoms with Crippen molar-refractivity contribution in [3.8, 4) is 5.75 Å². The van der Waals surface area contributed by atoms with Gasteiger partial charge in [0, 0.05) is 25.0 Å². The minimum atomic E-state index is 0.554. The zero-order valence-electron chi connectivity index (χ0n) is 11.8. The number of aromatic nitrogens is 2. The molecule has 1 aromatic heterocycles. The molecule has 0 spiro atoms. The van der Waals surface area contributed by atoms with Crippen LogP contribution in [0.15, 0.2) is 30.5 Å². The van der Waals surface area contributed by atoms with E-state index in [2.05, 4.69) is 20.2 Å². The van der Waals surface area contributed by atoms with Gasteiger partial charge in [0.2, 0.25) is 5.95 Å². The molecule has 5 nitrogen and oxygen atoms in total. The largest absolute Gasteiger partial charge is 0.495 e. The Kier molecular flexibility index (Phi) is 4.10. The first-order valence-corrected chi connectivity index (χ1v) is 7.32. The van der Waals surface area contributed by atoms with Crippen LogP contribution in [0, 0.1) is 0 Å². The van der Waals surface area contributed by atoms with E-state index in [1.165, 1.54) is 12.8 Å². The smallest absolute Gasteiger partial charge is 0.229 e. The first-order valence-electron chi connectivity index (χ1n) is 6.95. The van der Waals surface area contributed by atoms with Gasteiger partial charge in [0.05, 0.1) is 12.1 Å². The normalized spacial score (nSPS) is 14.3. The van der Waals surface area contributed by atoms with Crippen LogP contribution in [0.25, 0.3) is 0 Å². The third-order valence-corrected chi connectivity index (χ3v) is 3.77. The van der Waals surface area contributed by atoms with Crippen LogP contribution in [0.1, 0.15) is 12.8 Å². The van der Waals surface area contributed by atoms with E-state index in [1.807, 2.05) is 18.2 Å². The quantitative estimate of drug-likeness (QED) is 0.937. The van der Waals surface area contributed by atoms with E-state index in [4.69, 9.17) is 16.3 Å². The SMILES string of the molecule is COc1ccc(Nc2nccc(N3CCCC3)n2)cc1Cl. The Labute approximate surface area is 128 Å². The summed E-state index contributed by atoms with van der Waals surface area (Å²) in [6.07, 6.45) is 4.22. The fourth-order valence-corrected chi connectivity index (χ4v) is 2.66. The Hall–Kier alpha value is -2.01. The number of hydrogen-bond acceptors (Lipinski definition) is 5. The number of halogens is 1. The van der Waals surface area contributed by atoms with Gasteiger partial charge in [-0.2, -0.15) is 4.98 Å². The van der Waals surface area contributed by atoms with Crippen molar-refractivity contribution in [2.24, 2.45) is 0 Å². The van der Waals surface area contributed by atoms with Crippen molar-refractivity contribution in [2.45, 2.75) is 12.8 Å². The van der Waals surface area contributed by atoms with E-state index < -0.39 is 0 Å². The molecule has 2 aromatic rings. The molecule has 1 aromatic carbocycles. The van der Waals surface area contributed by atoms with Crippen molar-refractivity contribution < 1.29 is 4.74 Å².